The molecular formula is C18H27NO. The van der Waals surface area contributed by atoms with E-state index in [1.165, 1.54) is 44.1 Å². The molecule has 2 unspecified atom stereocenters. The zero-order chi connectivity index (χ0) is 13.8. The van der Waals surface area contributed by atoms with Crippen LogP contribution < -0.4 is 10.1 Å². The van der Waals surface area contributed by atoms with Crippen LogP contribution in [-0.4, -0.2) is 19.2 Å². The van der Waals surface area contributed by atoms with Crippen LogP contribution in [0.15, 0.2) is 24.3 Å². The number of fused-ring (bicyclic) bond motifs is 1. The number of nitrogens with one attached hydrogen (secondary N) is 1. The summed E-state index contributed by atoms with van der Waals surface area (Å²) < 4.78 is 5.81. The van der Waals surface area contributed by atoms with Gasteiger partial charge in [0.05, 0.1) is 6.61 Å². The topological polar surface area (TPSA) is 21.3 Å². The minimum atomic E-state index is 0.605. The molecule has 0 aromatic heterocycles. The van der Waals surface area contributed by atoms with Crippen molar-refractivity contribution in [2.45, 2.75) is 57.4 Å². The van der Waals surface area contributed by atoms with Crippen molar-refractivity contribution in [3.63, 3.8) is 0 Å². The fourth-order valence-electron chi connectivity index (χ4n) is 3.98. The molecule has 2 atom stereocenters. The molecule has 1 saturated carbocycles. The molecule has 0 radical (unpaired) electrons. The predicted molar refractivity (Wildman–Crippen MR) is 83.3 cm³/mol. The quantitative estimate of drug-likeness (QED) is 0.842. The molecule has 110 valence electrons. The number of para-hydroxylation sites is 1. The highest BCUT2D eigenvalue weighted by Crippen LogP contribution is 2.38. The van der Waals surface area contributed by atoms with Gasteiger partial charge in [0, 0.05) is 17.5 Å². The van der Waals surface area contributed by atoms with Crippen LogP contribution in [0.2, 0.25) is 0 Å². The summed E-state index contributed by atoms with van der Waals surface area (Å²) in [5.41, 5.74) is 1.43. The van der Waals surface area contributed by atoms with Crippen LogP contribution in [0.5, 0.6) is 5.75 Å². The summed E-state index contributed by atoms with van der Waals surface area (Å²) in [6.07, 6.45) is 8.26. The lowest BCUT2D eigenvalue weighted by Gasteiger charge is -2.25. The minimum absolute atomic E-state index is 0.605. The van der Waals surface area contributed by atoms with E-state index in [9.17, 15) is 0 Å². The molecule has 1 aliphatic heterocycles. The third-order valence-corrected chi connectivity index (χ3v) is 5.06. The summed E-state index contributed by atoms with van der Waals surface area (Å²) in [5.74, 6) is 2.62. The van der Waals surface area contributed by atoms with Crippen LogP contribution in [0, 0.1) is 5.92 Å². The first-order valence-electron chi connectivity index (χ1n) is 8.33. The fraction of sp³-hybridized carbons (Fsp3) is 0.667. The molecule has 1 aromatic carbocycles. The van der Waals surface area contributed by atoms with Crippen LogP contribution >= 0.6 is 0 Å². The molecule has 2 heteroatoms. The van der Waals surface area contributed by atoms with Gasteiger partial charge in [-0.05, 0) is 44.2 Å². The van der Waals surface area contributed by atoms with Crippen molar-refractivity contribution in [1.29, 1.82) is 0 Å². The molecule has 0 spiro atoms. The Morgan fingerprint density at radius 2 is 2.05 bits per heavy atom. The highest BCUT2D eigenvalue weighted by Gasteiger charge is 2.28. The molecule has 20 heavy (non-hydrogen) atoms. The van der Waals surface area contributed by atoms with Gasteiger partial charge in [0.1, 0.15) is 5.75 Å². The summed E-state index contributed by atoms with van der Waals surface area (Å²) >= 11 is 0. The largest absolute Gasteiger partial charge is 0.493 e. The molecule has 1 heterocycles. The van der Waals surface area contributed by atoms with Crippen LogP contribution in [0.4, 0.5) is 0 Å². The van der Waals surface area contributed by atoms with Gasteiger partial charge in [-0.25, -0.2) is 0 Å². The Balaban J connectivity index is 1.57. The highest BCUT2D eigenvalue weighted by atomic mass is 16.5. The van der Waals surface area contributed by atoms with Crippen LogP contribution in [0.3, 0.4) is 0 Å². The fourth-order valence-corrected chi connectivity index (χ4v) is 3.98. The third kappa shape index (κ3) is 3.01. The van der Waals surface area contributed by atoms with Gasteiger partial charge in [-0.3, -0.25) is 0 Å². The predicted octanol–water partition coefficient (Wildman–Crippen LogP) is 4.11. The lowest BCUT2D eigenvalue weighted by atomic mass is 9.88. The molecule has 2 aliphatic rings. The molecule has 1 aliphatic carbocycles. The van der Waals surface area contributed by atoms with E-state index < -0.39 is 0 Å². The van der Waals surface area contributed by atoms with Gasteiger partial charge < -0.3 is 10.1 Å². The maximum atomic E-state index is 5.81. The zero-order valence-corrected chi connectivity index (χ0v) is 12.6. The number of rotatable bonds is 6. The standard InChI is InChI=1S/C18H27NO/c1-2-19-17(14-7-3-4-8-14)12-11-15-13-20-18-10-6-5-9-16(15)18/h5-6,9-10,14-15,17,19H,2-4,7-8,11-13H2,1H3. The van der Waals surface area contributed by atoms with Gasteiger partial charge in [0.25, 0.3) is 0 Å². The summed E-state index contributed by atoms with van der Waals surface area (Å²) in [6, 6.07) is 9.27. The van der Waals surface area contributed by atoms with E-state index >= 15 is 0 Å². The van der Waals surface area contributed by atoms with Crippen LogP contribution in [-0.2, 0) is 0 Å². The second kappa shape index (κ2) is 6.62. The molecule has 1 aromatic rings. The Hall–Kier alpha value is -1.02. The third-order valence-electron chi connectivity index (χ3n) is 5.06. The summed E-state index contributed by atoms with van der Waals surface area (Å²) in [5, 5.41) is 3.73. The van der Waals surface area contributed by atoms with Gasteiger partial charge in [-0.15, -0.1) is 0 Å². The second-order valence-electron chi connectivity index (χ2n) is 6.33. The molecule has 1 fully saturated rings. The highest BCUT2D eigenvalue weighted by molar-refractivity contribution is 5.39. The number of hydrogen-bond acceptors (Lipinski definition) is 2. The van der Waals surface area contributed by atoms with E-state index in [2.05, 4.69) is 36.5 Å². The van der Waals surface area contributed by atoms with E-state index in [1.54, 1.807) is 0 Å². The van der Waals surface area contributed by atoms with E-state index in [0.29, 0.717) is 5.92 Å². The monoisotopic (exact) mass is 273 g/mol. The van der Waals surface area contributed by atoms with Crippen LogP contribution in [0.25, 0.3) is 0 Å². The van der Waals surface area contributed by atoms with Crippen molar-refractivity contribution >= 4 is 0 Å². The molecule has 0 amide bonds. The molecule has 0 saturated heterocycles. The van der Waals surface area contributed by atoms with Gasteiger partial charge in [0.2, 0.25) is 0 Å². The van der Waals surface area contributed by atoms with E-state index in [0.717, 1.165) is 30.9 Å². The lowest BCUT2D eigenvalue weighted by molar-refractivity contribution is 0.296. The Kier molecular flexibility index (Phi) is 4.62. The van der Waals surface area contributed by atoms with Gasteiger partial charge in [-0.1, -0.05) is 38.0 Å². The van der Waals surface area contributed by atoms with Crippen molar-refractivity contribution in [3.05, 3.63) is 29.8 Å². The normalized spacial score (nSPS) is 23.6. The first kappa shape index (κ1) is 13.9. The Morgan fingerprint density at radius 3 is 2.85 bits per heavy atom. The first-order valence-corrected chi connectivity index (χ1v) is 8.33. The molecule has 2 nitrogen and oxygen atoms in total. The van der Waals surface area contributed by atoms with E-state index in [4.69, 9.17) is 4.74 Å². The van der Waals surface area contributed by atoms with Gasteiger partial charge >= 0.3 is 0 Å². The number of ether oxygens (including phenoxy) is 1. The van der Waals surface area contributed by atoms with Crippen molar-refractivity contribution in [2.75, 3.05) is 13.2 Å². The summed E-state index contributed by atoms with van der Waals surface area (Å²) in [7, 11) is 0. The summed E-state index contributed by atoms with van der Waals surface area (Å²) in [6.45, 7) is 4.21. The zero-order valence-electron chi connectivity index (χ0n) is 12.6. The first-order chi connectivity index (χ1) is 9.88. The lowest BCUT2D eigenvalue weighted by Crippen LogP contribution is -2.35. The second-order valence-corrected chi connectivity index (χ2v) is 6.33. The van der Waals surface area contributed by atoms with Crippen molar-refractivity contribution in [3.8, 4) is 5.75 Å². The van der Waals surface area contributed by atoms with Crippen molar-refractivity contribution in [1.82, 2.24) is 5.32 Å². The average Bonchev–Trinajstić information content (AvgIpc) is 3.13. The number of benzene rings is 1. The van der Waals surface area contributed by atoms with E-state index in [-0.39, 0.29) is 0 Å². The smallest absolute Gasteiger partial charge is 0.122 e. The van der Waals surface area contributed by atoms with Crippen molar-refractivity contribution in [2.24, 2.45) is 5.92 Å². The maximum absolute atomic E-state index is 5.81. The molecule has 0 bridgehead atoms. The van der Waals surface area contributed by atoms with Crippen molar-refractivity contribution < 1.29 is 4.74 Å². The Bertz CT molecular complexity index is 425. The van der Waals surface area contributed by atoms with Crippen LogP contribution in [0.1, 0.15) is 56.9 Å². The Labute approximate surface area is 122 Å². The SMILES string of the molecule is CCNC(CCC1COc2ccccc21)C1CCCC1. The van der Waals surface area contributed by atoms with Gasteiger partial charge in [-0.2, -0.15) is 0 Å². The number of hydrogen-bond donors (Lipinski definition) is 1. The Morgan fingerprint density at radius 1 is 1.25 bits per heavy atom. The molecular weight excluding hydrogens is 246 g/mol. The van der Waals surface area contributed by atoms with E-state index in [1.807, 2.05) is 0 Å². The molecule has 1 N–H and O–H groups in total. The molecule has 3 rings (SSSR count). The van der Waals surface area contributed by atoms with Gasteiger partial charge in [0.15, 0.2) is 0 Å². The average molecular weight is 273 g/mol. The minimum Gasteiger partial charge on any atom is -0.493 e. The summed E-state index contributed by atoms with van der Waals surface area (Å²) in [4.78, 5) is 0. The maximum Gasteiger partial charge on any atom is 0.122 e.